The van der Waals surface area contributed by atoms with Crippen molar-refractivity contribution >= 4 is 17.5 Å². The van der Waals surface area contributed by atoms with Crippen molar-refractivity contribution in [3.8, 4) is 5.75 Å². The van der Waals surface area contributed by atoms with Gasteiger partial charge < -0.3 is 15.0 Å². The lowest BCUT2D eigenvalue weighted by molar-refractivity contribution is -0.128. The predicted octanol–water partition coefficient (Wildman–Crippen LogP) is 1.92. The minimum Gasteiger partial charge on any atom is -0.433 e. The van der Waals surface area contributed by atoms with Gasteiger partial charge in [0.05, 0.1) is 5.69 Å². The van der Waals surface area contributed by atoms with Crippen molar-refractivity contribution in [1.29, 1.82) is 0 Å². The maximum atomic E-state index is 12.5. The molecule has 1 saturated heterocycles. The molecule has 2 rings (SSSR count). The van der Waals surface area contributed by atoms with E-state index in [1.165, 1.54) is 23.1 Å². The standard InChI is InChI=1S/C14H16F2N2O3/c1-14(2)12(20)18(8-7-11(19)17-14)9-5-3-4-6-10(9)21-13(15)16/h3-6,13H,7-8H2,1-2H3,(H,17,19). The van der Waals surface area contributed by atoms with Crippen LogP contribution in [0.2, 0.25) is 0 Å². The highest BCUT2D eigenvalue weighted by Crippen LogP contribution is 2.31. The van der Waals surface area contributed by atoms with Gasteiger partial charge in [-0.3, -0.25) is 9.59 Å². The number of nitrogens with one attached hydrogen (secondary N) is 1. The monoisotopic (exact) mass is 298 g/mol. The number of hydrogen-bond acceptors (Lipinski definition) is 3. The summed E-state index contributed by atoms with van der Waals surface area (Å²) in [7, 11) is 0. The lowest BCUT2D eigenvalue weighted by Gasteiger charge is -2.29. The molecule has 1 aromatic carbocycles. The molecule has 0 aliphatic carbocycles. The molecule has 1 heterocycles. The Morgan fingerprint density at radius 2 is 1.95 bits per heavy atom. The maximum Gasteiger partial charge on any atom is 0.387 e. The maximum absolute atomic E-state index is 12.5. The van der Waals surface area contributed by atoms with Crippen LogP contribution in [0.25, 0.3) is 0 Å². The van der Waals surface area contributed by atoms with Gasteiger partial charge in [0.25, 0.3) is 5.91 Å². The SMILES string of the molecule is CC1(C)NC(=O)CCN(c2ccccc2OC(F)F)C1=O. The van der Waals surface area contributed by atoms with E-state index in [-0.39, 0.29) is 36.2 Å². The van der Waals surface area contributed by atoms with E-state index >= 15 is 0 Å². The first kappa shape index (κ1) is 15.2. The first-order valence-corrected chi connectivity index (χ1v) is 6.48. The normalized spacial score (nSPS) is 18.4. The van der Waals surface area contributed by atoms with E-state index in [4.69, 9.17) is 0 Å². The number of anilines is 1. The number of halogens is 2. The van der Waals surface area contributed by atoms with Crippen molar-refractivity contribution in [2.24, 2.45) is 0 Å². The second-order valence-electron chi connectivity index (χ2n) is 5.23. The number of rotatable bonds is 3. The fourth-order valence-corrected chi connectivity index (χ4v) is 2.22. The number of nitrogens with zero attached hydrogens (tertiary/aromatic N) is 1. The number of para-hydroxylation sites is 2. The summed E-state index contributed by atoms with van der Waals surface area (Å²) < 4.78 is 29.4. The molecule has 7 heteroatoms. The molecule has 21 heavy (non-hydrogen) atoms. The number of ether oxygens (including phenoxy) is 1. The van der Waals surface area contributed by atoms with Gasteiger partial charge in [0, 0.05) is 13.0 Å². The molecule has 0 radical (unpaired) electrons. The number of hydrogen-bond donors (Lipinski definition) is 1. The number of carbonyl (C=O) groups excluding carboxylic acids is 2. The molecule has 114 valence electrons. The molecule has 0 spiro atoms. The number of amides is 2. The lowest BCUT2D eigenvalue weighted by Crippen LogP contribution is -2.53. The van der Waals surface area contributed by atoms with Gasteiger partial charge >= 0.3 is 6.61 Å². The van der Waals surface area contributed by atoms with Crippen molar-refractivity contribution in [3.05, 3.63) is 24.3 Å². The summed E-state index contributed by atoms with van der Waals surface area (Å²) in [5.74, 6) is -0.729. The Hall–Kier alpha value is -2.18. The fraction of sp³-hybridized carbons (Fsp3) is 0.429. The summed E-state index contributed by atoms with van der Waals surface area (Å²) in [4.78, 5) is 25.5. The van der Waals surface area contributed by atoms with Crippen LogP contribution in [0.15, 0.2) is 24.3 Å². The quantitative estimate of drug-likeness (QED) is 0.927. The molecule has 1 aliphatic rings. The van der Waals surface area contributed by atoms with E-state index in [1.807, 2.05) is 0 Å². The molecule has 1 aromatic rings. The molecular weight excluding hydrogens is 282 g/mol. The van der Waals surface area contributed by atoms with Crippen LogP contribution in [0.3, 0.4) is 0 Å². The second kappa shape index (κ2) is 5.67. The zero-order chi connectivity index (χ0) is 15.6. The molecule has 0 bridgehead atoms. The van der Waals surface area contributed by atoms with Gasteiger partial charge in [0.1, 0.15) is 11.3 Å². The second-order valence-corrected chi connectivity index (χ2v) is 5.23. The van der Waals surface area contributed by atoms with E-state index in [0.717, 1.165) is 0 Å². The molecule has 2 amide bonds. The van der Waals surface area contributed by atoms with E-state index < -0.39 is 12.2 Å². The van der Waals surface area contributed by atoms with Crippen LogP contribution in [-0.2, 0) is 9.59 Å². The van der Waals surface area contributed by atoms with Gasteiger partial charge in [-0.25, -0.2) is 0 Å². The van der Waals surface area contributed by atoms with Gasteiger partial charge in [-0.15, -0.1) is 0 Å². The summed E-state index contributed by atoms with van der Waals surface area (Å²) in [5, 5.41) is 2.61. The Kier molecular flexibility index (Phi) is 4.11. The third kappa shape index (κ3) is 3.29. The van der Waals surface area contributed by atoms with Gasteiger partial charge in [-0.2, -0.15) is 8.78 Å². The lowest BCUT2D eigenvalue weighted by atomic mass is 10.0. The minimum atomic E-state index is -2.99. The molecule has 0 saturated carbocycles. The van der Waals surface area contributed by atoms with Gasteiger partial charge in [0.15, 0.2) is 0 Å². The summed E-state index contributed by atoms with van der Waals surface area (Å²) in [6, 6.07) is 6.04. The zero-order valence-electron chi connectivity index (χ0n) is 11.7. The predicted molar refractivity (Wildman–Crippen MR) is 72.3 cm³/mol. The van der Waals surface area contributed by atoms with Gasteiger partial charge in [0.2, 0.25) is 5.91 Å². The Balaban J connectivity index is 2.40. The van der Waals surface area contributed by atoms with Crippen molar-refractivity contribution in [1.82, 2.24) is 5.32 Å². The van der Waals surface area contributed by atoms with E-state index in [2.05, 4.69) is 10.1 Å². The molecule has 0 atom stereocenters. The molecule has 1 aliphatic heterocycles. The Labute approximate surface area is 120 Å². The molecule has 1 fully saturated rings. The largest absolute Gasteiger partial charge is 0.433 e. The molecule has 0 aromatic heterocycles. The molecule has 1 N–H and O–H groups in total. The molecule has 5 nitrogen and oxygen atoms in total. The number of alkyl halides is 2. The number of carbonyl (C=O) groups is 2. The van der Waals surface area contributed by atoms with Crippen LogP contribution in [0.5, 0.6) is 5.75 Å². The summed E-state index contributed by atoms with van der Waals surface area (Å²) in [5.41, 5.74) is -0.877. The Morgan fingerprint density at radius 3 is 2.62 bits per heavy atom. The van der Waals surface area contributed by atoms with Crippen molar-refractivity contribution in [2.75, 3.05) is 11.4 Å². The van der Waals surface area contributed by atoms with Crippen molar-refractivity contribution in [3.63, 3.8) is 0 Å². The van der Waals surface area contributed by atoms with E-state index in [1.54, 1.807) is 19.9 Å². The highest BCUT2D eigenvalue weighted by Gasteiger charge is 2.38. The van der Waals surface area contributed by atoms with Crippen LogP contribution < -0.4 is 15.0 Å². The van der Waals surface area contributed by atoms with Crippen LogP contribution in [0.4, 0.5) is 14.5 Å². The highest BCUT2D eigenvalue weighted by atomic mass is 19.3. The molecular formula is C14H16F2N2O3. The smallest absolute Gasteiger partial charge is 0.387 e. The van der Waals surface area contributed by atoms with E-state index in [0.29, 0.717) is 0 Å². The summed E-state index contributed by atoms with van der Waals surface area (Å²) in [6.45, 7) is 0.267. The van der Waals surface area contributed by atoms with Crippen LogP contribution >= 0.6 is 0 Å². The van der Waals surface area contributed by atoms with Gasteiger partial charge in [-0.1, -0.05) is 12.1 Å². The minimum absolute atomic E-state index is 0.0917. The average Bonchev–Trinajstić information content (AvgIpc) is 2.48. The Morgan fingerprint density at radius 1 is 1.29 bits per heavy atom. The average molecular weight is 298 g/mol. The Bertz CT molecular complexity index is 561. The first-order valence-electron chi connectivity index (χ1n) is 6.48. The van der Waals surface area contributed by atoms with Gasteiger partial charge in [-0.05, 0) is 26.0 Å². The third-order valence-electron chi connectivity index (χ3n) is 3.17. The highest BCUT2D eigenvalue weighted by molar-refractivity contribution is 6.04. The van der Waals surface area contributed by atoms with Crippen LogP contribution in [0, 0.1) is 0 Å². The van der Waals surface area contributed by atoms with E-state index in [9.17, 15) is 18.4 Å². The fourth-order valence-electron chi connectivity index (χ4n) is 2.22. The molecule has 0 unspecified atom stereocenters. The van der Waals surface area contributed by atoms with Crippen LogP contribution in [-0.4, -0.2) is 30.5 Å². The zero-order valence-corrected chi connectivity index (χ0v) is 11.7. The number of benzene rings is 1. The summed E-state index contributed by atoms with van der Waals surface area (Å²) in [6.07, 6.45) is 0.0954. The van der Waals surface area contributed by atoms with Crippen molar-refractivity contribution in [2.45, 2.75) is 32.4 Å². The summed E-state index contributed by atoms with van der Waals surface area (Å²) >= 11 is 0. The van der Waals surface area contributed by atoms with Crippen LogP contribution in [0.1, 0.15) is 20.3 Å². The third-order valence-corrected chi connectivity index (χ3v) is 3.17. The van der Waals surface area contributed by atoms with Crippen molar-refractivity contribution < 1.29 is 23.1 Å². The first-order chi connectivity index (χ1) is 9.81. The topological polar surface area (TPSA) is 58.6 Å².